The third-order valence-electron chi connectivity index (χ3n) is 8.45. The Morgan fingerprint density at radius 2 is 1.81 bits per heavy atom. The fraction of sp³-hybridized carbons (Fsp3) is 0.379. The fourth-order valence-electron chi connectivity index (χ4n) is 5.92. The first-order valence-corrected chi connectivity index (χ1v) is 13.9. The summed E-state index contributed by atoms with van der Waals surface area (Å²) in [7, 11) is 2.10. The first kappa shape index (κ1) is 27.4. The number of fused-ring (bicyclic) bond motifs is 2. The Kier molecular flexibility index (Phi) is 6.08. The van der Waals surface area contributed by atoms with Crippen LogP contribution in [0.5, 0.6) is 5.75 Å². The standard InChI is InChI=1S/C29H29F3N8O3/c1-3-12-39-25(41)20-17-33-26(34-18-4-6-19(7-5-18)38-15-13-37(2)14-16-38)36-24(20)40(39)22-9-8-21-23(35-22)28(42,29(30,31)32)27(43-21)10-11-27/h3-9,17,42H,1,10-16H2,2H3,(H,33,34,36). The molecule has 1 aromatic carbocycles. The number of benzene rings is 1. The molecule has 2 fully saturated rings. The van der Waals surface area contributed by atoms with Gasteiger partial charge in [-0.3, -0.25) is 4.79 Å². The van der Waals surface area contributed by atoms with Gasteiger partial charge < -0.3 is 25.0 Å². The van der Waals surface area contributed by atoms with Gasteiger partial charge in [0.1, 0.15) is 16.8 Å². The molecule has 3 aromatic heterocycles. The zero-order valence-corrected chi connectivity index (χ0v) is 23.3. The average Bonchev–Trinajstić information content (AvgIpc) is 3.66. The number of allylic oxidation sites excluding steroid dienone is 1. The molecular formula is C29H29F3N8O3. The minimum absolute atomic E-state index is 0.0223. The number of nitrogens with zero attached hydrogens (tertiary/aromatic N) is 7. The highest BCUT2D eigenvalue weighted by Crippen LogP contribution is 2.64. The van der Waals surface area contributed by atoms with E-state index in [9.17, 15) is 23.1 Å². The van der Waals surface area contributed by atoms with E-state index in [4.69, 9.17) is 4.74 Å². The summed E-state index contributed by atoms with van der Waals surface area (Å²) in [6.07, 6.45) is -2.10. The molecule has 5 heterocycles. The molecule has 1 spiro atoms. The monoisotopic (exact) mass is 594 g/mol. The highest BCUT2D eigenvalue weighted by molar-refractivity contribution is 5.77. The van der Waals surface area contributed by atoms with Crippen LogP contribution in [0.3, 0.4) is 0 Å². The number of ether oxygens (including phenoxy) is 1. The first-order chi connectivity index (χ1) is 20.5. The Balaban J connectivity index is 1.27. The van der Waals surface area contributed by atoms with Crippen LogP contribution in [0.25, 0.3) is 16.9 Å². The molecule has 0 bridgehead atoms. The van der Waals surface area contributed by atoms with Crippen LogP contribution in [-0.4, -0.2) is 79.3 Å². The number of aliphatic hydroxyl groups is 1. The van der Waals surface area contributed by atoms with E-state index in [1.807, 2.05) is 24.3 Å². The van der Waals surface area contributed by atoms with E-state index in [1.165, 1.54) is 33.8 Å². The molecule has 224 valence electrons. The van der Waals surface area contributed by atoms with Gasteiger partial charge in [-0.1, -0.05) is 6.08 Å². The van der Waals surface area contributed by atoms with Crippen LogP contribution in [0.4, 0.5) is 30.5 Å². The van der Waals surface area contributed by atoms with Gasteiger partial charge in [-0.05, 0) is 56.3 Å². The molecule has 1 saturated heterocycles. The molecule has 14 heteroatoms. The lowest BCUT2D eigenvalue weighted by molar-refractivity contribution is -0.292. The Hall–Kier alpha value is -4.43. The highest BCUT2D eigenvalue weighted by Gasteiger charge is 2.79. The second kappa shape index (κ2) is 9.54. The number of piperazine rings is 1. The van der Waals surface area contributed by atoms with Crippen LogP contribution in [0.15, 0.2) is 60.0 Å². The fourth-order valence-corrected chi connectivity index (χ4v) is 5.92. The van der Waals surface area contributed by atoms with Crippen LogP contribution < -0.4 is 20.5 Å². The molecular weight excluding hydrogens is 565 g/mol. The van der Waals surface area contributed by atoms with Gasteiger partial charge in [0.15, 0.2) is 17.1 Å². The molecule has 43 heavy (non-hydrogen) atoms. The number of nitrogens with one attached hydrogen (secondary N) is 1. The van der Waals surface area contributed by atoms with Crippen LogP contribution in [0, 0.1) is 0 Å². The summed E-state index contributed by atoms with van der Waals surface area (Å²) in [5.41, 5.74) is -4.24. The van der Waals surface area contributed by atoms with Gasteiger partial charge in [-0.15, -0.1) is 6.58 Å². The number of anilines is 3. The predicted octanol–water partition coefficient (Wildman–Crippen LogP) is 3.33. The van der Waals surface area contributed by atoms with Gasteiger partial charge in [-0.2, -0.15) is 18.2 Å². The van der Waals surface area contributed by atoms with E-state index in [0.29, 0.717) is 0 Å². The predicted molar refractivity (Wildman–Crippen MR) is 153 cm³/mol. The topological polar surface area (TPSA) is 114 Å². The Labute approximate surface area is 243 Å². The van der Waals surface area contributed by atoms with E-state index in [1.54, 1.807) is 0 Å². The van der Waals surface area contributed by atoms with Crippen molar-refractivity contribution in [3.63, 3.8) is 0 Å². The van der Waals surface area contributed by atoms with Crippen molar-refractivity contribution in [1.29, 1.82) is 0 Å². The van der Waals surface area contributed by atoms with E-state index < -0.39 is 28.6 Å². The normalized spacial score (nSPS) is 21.2. The summed E-state index contributed by atoms with van der Waals surface area (Å²) in [5, 5.41) is 14.3. The van der Waals surface area contributed by atoms with Crippen molar-refractivity contribution in [3.8, 4) is 11.6 Å². The molecule has 1 atom stereocenters. The Morgan fingerprint density at radius 1 is 1.09 bits per heavy atom. The zero-order valence-electron chi connectivity index (χ0n) is 23.3. The van der Waals surface area contributed by atoms with Crippen molar-refractivity contribution in [2.45, 2.75) is 36.8 Å². The number of aromatic nitrogens is 5. The van der Waals surface area contributed by atoms with Gasteiger partial charge >= 0.3 is 6.18 Å². The van der Waals surface area contributed by atoms with Gasteiger partial charge in [0, 0.05) is 43.8 Å². The summed E-state index contributed by atoms with van der Waals surface area (Å²) in [5.74, 6) is -0.0115. The van der Waals surface area contributed by atoms with Crippen molar-refractivity contribution in [2.75, 3.05) is 43.4 Å². The summed E-state index contributed by atoms with van der Waals surface area (Å²) < 4.78 is 51.0. The number of hydrogen-bond donors (Lipinski definition) is 2. The Bertz CT molecular complexity index is 1790. The van der Waals surface area contributed by atoms with Crippen LogP contribution in [-0.2, 0) is 12.1 Å². The molecule has 1 unspecified atom stereocenters. The molecule has 0 radical (unpaired) electrons. The van der Waals surface area contributed by atoms with Crippen molar-refractivity contribution in [3.05, 3.63) is 71.3 Å². The number of likely N-dealkylation sites (N-methyl/N-ethyl adjacent to an activating group) is 1. The van der Waals surface area contributed by atoms with Gasteiger partial charge in [0.05, 0.1) is 6.54 Å². The van der Waals surface area contributed by atoms with Crippen molar-refractivity contribution < 1.29 is 23.0 Å². The number of alkyl halides is 3. The maximum atomic E-state index is 14.3. The van der Waals surface area contributed by atoms with Crippen LogP contribution >= 0.6 is 0 Å². The molecule has 11 nitrogen and oxygen atoms in total. The molecule has 2 N–H and O–H groups in total. The number of halogens is 3. The lowest BCUT2D eigenvalue weighted by Crippen LogP contribution is -2.52. The van der Waals surface area contributed by atoms with Crippen molar-refractivity contribution in [1.82, 2.24) is 29.2 Å². The summed E-state index contributed by atoms with van der Waals surface area (Å²) in [4.78, 5) is 31.0. The lowest BCUT2D eigenvalue weighted by Gasteiger charge is -2.34. The van der Waals surface area contributed by atoms with Gasteiger partial charge in [0.2, 0.25) is 11.5 Å². The molecule has 1 aliphatic carbocycles. The van der Waals surface area contributed by atoms with Crippen molar-refractivity contribution in [2.24, 2.45) is 0 Å². The van der Waals surface area contributed by atoms with E-state index >= 15 is 0 Å². The van der Waals surface area contributed by atoms with E-state index in [-0.39, 0.29) is 47.9 Å². The molecule has 7 rings (SSSR count). The van der Waals surface area contributed by atoms with Gasteiger partial charge in [0.25, 0.3) is 5.56 Å². The summed E-state index contributed by atoms with van der Waals surface area (Å²) >= 11 is 0. The van der Waals surface area contributed by atoms with Crippen LogP contribution in [0.1, 0.15) is 18.5 Å². The lowest BCUT2D eigenvalue weighted by atomic mass is 9.91. The minimum Gasteiger partial charge on any atom is -0.481 e. The molecule has 1 saturated carbocycles. The Morgan fingerprint density at radius 3 is 2.47 bits per heavy atom. The molecule has 2 aliphatic heterocycles. The second-order valence-corrected chi connectivity index (χ2v) is 11.2. The molecule has 0 amide bonds. The molecule has 3 aliphatic rings. The first-order valence-electron chi connectivity index (χ1n) is 13.9. The molecule has 4 aromatic rings. The quantitative estimate of drug-likeness (QED) is 0.325. The smallest absolute Gasteiger partial charge is 0.427 e. The van der Waals surface area contributed by atoms with Crippen molar-refractivity contribution >= 4 is 28.4 Å². The SMILES string of the molecule is C=CCn1c(=O)c2cnc(Nc3ccc(N4CCN(C)CC4)cc3)nc2n1-c1ccc2c(n1)C(O)(C(F)(F)F)C1(CC1)O2. The van der Waals surface area contributed by atoms with Crippen LogP contribution in [0.2, 0.25) is 0 Å². The third kappa shape index (κ3) is 4.19. The number of hydrogen-bond acceptors (Lipinski definition) is 9. The summed E-state index contributed by atoms with van der Waals surface area (Å²) in [6.45, 7) is 7.58. The summed E-state index contributed by atoms with van der Waals surface area (Å²) in [6, 6.07) is 10.6. The number of pyridine rings is 1. The van der Waals surface area contributed by atoms with E-state index in [0.717, 1.165) is 37.6 Å². The zero-order chi connectivity index (χ0) is 30.1. The van der Waals surface area contributed by atoms with E-state index in [2.05, 4.69) is 43.7 Å². The minimum atomic E-state index is -5.03. The number of rotatable bonds is 6. The maximum absolute atomic E-state index is 14.3. The van der Waals surface area contributed by atoms with Gasteiger partial charge in [-0.25, -0.2) is 19.3 Å². The third-order valence-corrected chi connectivity index (χ3v) is 8.45. The largest absolute Gasteiger partial charge is 0.481 e. The second-order valence-electron chi connectivity index (χ2n) is 11.2. The average molecular weight is 595 g/mol. The highest BCUT2D eigenvalue weighted by atomic mass is 19.4. The maximum Gasteiger partial charge on any atom is 0.427 e.